The molecule has 1 atom stereocenters. The quantitative estimate of drug-likeness (QED) is 0.253. The molecule has 0 spiro atoms. The number of allylic oxidation sites excluding steroid dienone is 6. The lowest BCUT2D eigenvalue weighted by atomic mass is 9.88. The van der Waals surface area contributed by atoms with Crippen molar-refractivity contribution in [2.75, 3.05) is 0 Å². The molecule has 0 saturated heterocycles. The van der Waals surface area contributed by atoms with E-state index in [9.17, 15) is 10.2 Å². The average molecular weight is 581 g/mol. The largest absolute Gasteiger partial charge is 0.508 e. The van der Waals surface area contributed by atoms with Gasteiger partial charge in [-0.2, -0.15) is 0 Å². The third-order valence-electron chi connectivity index (χ3n) is 10.7. The van der Waals surface area contributed by atoms with Crippen molar-refractivity contribution < 1.29 is 10.2 Å². The number of phenols is 2. The summed E-state index contributed by atoms with van der Waals surface area (Å²) in [6, 6.07) is 8.76. The van der Waals surface area contributed by atoms with Gasteiger partial charge in [-0.15, -0.1) is 0 Å². The molecule has 2 aromatic carbocycles. The molecule has 0 heterocycles. The van der Waals surface area contributed by atoms with Crippen molar-refractivity contribution in [1.29, 1.82) is 0 Å². The van der Waals surface area contributed by atoms with Gasteiger partial charge in [-0.3, -0.25) is 0 Å². The first-order valence-electron chi connectivity index (χ1n) is 17.6. The highest BCUT2D eigenvalue weighted by molar-refractivity contribution is 5.48. The molecule has 3 aliphatic carbocycles. The van der Waals surface area contributed by atoms with Crippen LogP contribution in [0.5, 0.6) is 11.5 Å². The maximum Gasteiger partial charge on any atom is 0.122 e. The molecule has 3 fully saturated rings. The van der Waals surface area contributed by atoms with Crippen LogP contribution in [0, 0.1) is 13.8 Å². The highest BCUT2D eigenvalue weighted by Crippen LogP contribution is 2.38. The Labute approximate surface area is 262 Å². The fourth-order valence-electron chi connectivity index (χ4n) is 7.80. The molecule has 2 nitrogen and oxygen atoms in total. The summed E-state index contributed by atoms with van der Waals surface area (Å²) in [5.41, 5.74) is 11.7. The van der Waals surface area contributed by atoms with E-state index in [4.69, 9.17) is 0 Å². The van der Waals surface area contributed by atoms with Gasteiger partial charge in [0.1, 0.15) is 11.5 Å². The Kier molecular flexibility index (Phi) is 11.7. The first-order chi connectivity index (χ1) is 21.0. The Morgan fingerprint density at radius 1 is 0.581 bits per heavy atom. The van der Waals surface area contributed by atoms with Gasteiger partial charge in [0.15, 0.2) is 0 Å². The van der Waals surface area contributed by atoms with Crippen LogP contribution in [0.25, 0.3) is 0 Å². The van der Waals surface area contributed by atoms with E-state index in [-0.39, 0.29) is 0 Å². The molecule has 2 N–H and O–H groups in total. The second kappa shape index (κ2) is 15.8. The van der Waals surface area contributed by atoms with E-state index >= 15 is 0 Å². The molecule has 2 heteroatoms. The molecular formula is C41H56O2. The van der Waals surface area contributed by atoms with Gasteiger partial charge >= 0.3 is 0 Å². The summed E-state index contributed by atoms with van der Waals surface area (Å²) in [5, 5.41) is 22.3. The third-order valence-corrected chi connectivity index (χ3v) is 10.7. The Bertz CT molecular complexity index is 1280. The molecule has 0 aromatic heterocycles. The number of aromatic hydroxyl groups is 2. The number of benzene rings is 2. The van der Waals surface area contributed by atoms with E-state index < -0.39 is 0 Å². The minimum absolute atomic E-state index is 0.487. The maximum absolute atomic E-state index is 11.2. The van der Waals surface area contributed by atoms with Crippen molar-refractivity contribution in [3.63, 3.8) is 0 Å². The van der Waals surface area contributed by atoms with Crippen LogP contribution in [0.3, 0.4) is 0 Å². The SMILES string of the molecule is Cc1cc(C2CCC/C(=C/Cc3c(C)ccc(CC=C4CCCCCC4)c3O)CC2)cc(O)c1CC=C1CCCCCC1. The van der Waals surface area contributed by atoms with Crippen LogP contribution < -0.4 is 0 Å². The van der Waals surface area contributed by atoms with E-state index in [1.807, 2.05) is 0 Å². The molecule has 3 aliphatic rings. The molecule has 0 radical (unpaired) electrons. The van der Waals surface area contributed by atoms with Gasteiger partial charge in [-0.1, -0.05) is 78.8 Å². The minimum atomic E-state index is 0.487. The van der Waals surface area contributed by atoms with Crippen molar-refractivity contribution >= 4 is 0 Å². The second-order valence-electron chi connectivity index (χ2n) is 13.9. The fraction of sp³-hybridized carbons (Fsp3) is 0.561. The standard InChI is InChI=1S/C41H56O2/c1-30-18-23-36(25-20-32-12-7-3-4-8-13-32)41(43)39(30)27-22-34-16-11-17-35(24-19-34)37-28-31(2)38(40(42)29-37)26-21-33-14-9-5-6-10-15-33/h18,20-23,28-29,35,42-43H,3-17,19,24-27H2,1-2H3/b34-22-. The Morgan fingerprint density at radius 2 is 1.14 bits per heavy atom. The van der Waals surface area contributed by atoms with E-state index in [1.54, 1.807) is 11.1 Å². The molecule has 43 heavy (non-hydrogen) atoms. The van der Waals surface area contributed by atoms with E-state index in [1.165, 1.54) is 112 Å². The van der Waals surface area contributed by atoms with Gasteiger partial charge in [0.05, 0.1) is 0 Å². The highest BCUT2D eigenvalue weighted by Gasteiger charge is 2.19. The van der Waals surface area contributed by atoms with Crippen molar-refractivity contribution in [2.45, 2.75) is 148 Å². The lowest BCUT2D eigenvalue weighted by Crippen LogP contribution is -2.00. The van der Waals surface area contributed by atoms with Crippen LogP contribution in [-0.4, -0.2) is 10.2 Å². The lowest BCUT2D eigenvalue weighted by molar-refractivity contribution is 0.463. The number of aryl methyl sites for hydroxylation is 2. The summed E-state index contributed by atoms with van der Waals surface area (Å²) in [7, 11) is 0. The molecular weight excluding hydrogens is 524 g/mol. The van der Waals surface area contributed by atoms with Crippen LogP contribution in [0.4, 0.5) is 0 Å². The van der Waals surface area contributed by atoms with Crippen LogP contribution in [0.2, 0.25) is 0 Å². The summed E-state index contributed by atoms with van der Waals surface area (Å²) in [6.45, 7) is 4.32. The molecule has 2 aromatic rings. The Morgan fingerprint density at radius 3 is 1.77 bits per heavy atom. The monoisotopic (exact) mass is 580 g/mol. The smallest absolute Gasteiger partial charge is 0.122 e. The van der Waals surface area contributed by atoms with Gasteiger partial charge in [0, 0.05) is 11.1 Å². The van der Waals surface area contributed by atoms with Gasteiger partial charge in [-0.25, -0.2) is 0 Å². The maximum atomic E-state index is 11.2. The number of hydrogen-bond donors (Lipinski definition) is 2. The van der Waals surface area contributed by atoms with Gasteiger partial charge in [0.25, 0.3) is 0 Å². The zero-order valence-corrected chi connectivity index (χ0v) is 27.2. The molecule has 0 aliphatic heterocycles. The topological polar surface area (TPSA) is 40.5 Å². The zero-order chi connectivity index (χ0) is 30.0. The summed E-state index contributed by atoms with van der Waals surface area (Å²) in [6.07, 6.45) is 31.1. The Hall–Kier alpha value is -2.74. The number of phenolic OH excluding ortho intramolecular Hbond substituents is 2. The van der Waals surface area contributed by atoms with Crippen LogP contribution >= 0.6 is 0 Å². The molecule has 0 bridgehead atoms. The summed E-state index contributed by atoms with van der Waals surface area (Å²) >= 11 is 0. The van der Waals surface area contributed by atoms with E-state index in [2.05, 4.69) is 56.3 Å². The highest BCUT2D eigenvalue weighted by atomic mass is 16.3. The van der Waals surface area contributed by atoms with Crippen molar-refractivity contribution in [1.82, 2.24) is 0 Å². The zero-order valence-electron chi connectivity index (χ0n) is 27.2. The fourth-order valence-corrected chi connectivity index (χ4v) is 7.80. The van der Waals surface area contributed by atoms with Gasteiger partial charge in [0.2, 0.25) is 0 Å². The van der Waals surface area contributed by atoms with Gasteiger partial charge in [-0.05, 0) is 151 Å². The summed E-state index contributed by atoms with van der Waals surface area (Å²) in [5.74, 6) is 1.50. The predicted molar refractivity (Wildman–Crippen MR) is 182 cm³/mol. The predicted octanol–water partition coefficient (Wildman–Crippen LogP) is 11.6. The first-order valence-corrected chi connectivity index (χ1v) is 17.6. The second-order valence-corrected chi connectivity index (χ2v) is 13.9. The van der Waals surface area contributed by atoms with E-state index in [0.717, 1.165) is 55.2 Å². The first kappa shape index (κ1) is 31.7. The lowest BCUT2D eigenvalue weighted by Gasteiger charge is -2.18. The van der Waals surface area contributed by atoms with E-state index in [0.29, 0.717) is 17.4 Å². The van der Waals surface area contributed by atoms with Crippen molar-refractivity contribution in [3.05, 3.63) is 92.6 Å². The summed E-state index contributed by atoms with van der Waals surface area (Å²) in [4.78, 5) is 0. The molecule has 0 amide bonds. The summed E-state index contributed by atoms with van der Waals surface area (Å²) < 4.78 is 0. The molecule has 1 unspecified atom stereocenters. The van der Waals surface area contributed by atoms with Crippen LogP contribution in [-0.2, 0) is 19.3 Å². The molecule has 232 valence electrons. The third kappa shape index (κ3) is 8.90. The minimum Gasteiger partial charge on any atom is -0.508 e. The number of hydrogen-bond acceptors (Lipinski definition) is 2. The van der Waals surface area contributed by atoms with Crippen LogP contribution in [0.1, 0.15) is 148 Å². The average Bonchev–Trinajstić information content (AvgIpc) is 3.51. The number of rotatable bonds is 7. The normalized spacial score (nSPS) is 21.3. The molecule has 3 saturated carbocycles. The molecule has 5 rings (SSSR count). The Balaban J connectivity index is 1.21. The van der Waals surface area contributed by atoms with Crippen molar-refractivity contribution in [3.8, 4) is 11.5 Å². The van der Waals surface area contributed by atoms with Crippen LogP contribution in [0.15, 0.2) is 59.2 Å². The van der Waals surface area contributed by atoms with Crippen molar-refractivity contribution in [2.24, 2.45) is 0 Å². The van der Waals surface area contributed by atoms with Gasteiger partial charge < -0.3 is 10.2 Å².